The molecule has 0 amide bonds. The summed E-state index contributed by atoms with van der Waals surface area (Å²) in [6, 6.07) is 24.2. The number of aromatic nitrogens is 1. The van der Waals surface area contributed by atoms with Crippen molar-refractivity contribution in [2.45, 2.75) is 51.9 Å². The van der Waals surface area contributed by atoms with E-state index in [1.54, 1.807) is 17.4 Å². The largest absolute Gasteiger partial charge is 0.295 e. The van der Waals surface area contributed by atoms with Crippen molar-refractivity contribution < 1.29 is 0 Å². The number of hydrogen-bond donors (Lipinski definition) is 0. The number of anilines is 3. The average Bonchev–Trinajstić information content (AvgIpc) is 3.50. The van der Waals surface area contributed by atoms with Gasteiger partial charge in [-0.1, -0.05) is 82.3 Å². The van der Waals surface area contributed by atoms with E-state index < -0.39 is 0 Å². The van der Waals surface area contributed by atoms with E-state index in [4.69, 9.17) is 10.2 Å². The Morgan fingerprint density at radius 1 is 0.929 bits per heavy atom. The van der Waals surface area contributed by atoms with Gasteiger partial charge in [-0.2, -0.15) is 5.26 Å². The van der Waals surface area contributed by atoms with E-state index in [1.807, 2.05) is 6.08 Å². The van der Waals surface area contributed by atoms with Crippen LogP contribution in [-0.2, 0) is 17.3 Å². The topological polar surface area (TPSA) is 39.9 Å². The van der Waals surface area contributed by atoms with Gasteiger partial charge in [0.1, 0.15) is 5.82 Å². The molecule has 42 heavy (non-hydrogen) atoms. The molecule has 2 heterocycles. The molecule has 0 saturated heterocycles. The van der Waals surface area contributed by atoms with E-state index in [0.29, 0.717) is 0 Å². The third-order valence-electron chi connectivity index (χ3n) is 8.70. The van der Waals surface area contributed by atoms with Crippen LogP contribution in [0.2, 0.25) is 0 Å². The second kappa shape index (κ2) is 10.4. The Hall–Kier alpha value is -4.46. The van der Waals surface area contributed by atoms with Gasteiger partial charge in [-0.15, -0.1) is 11.3 Å². The average molecular weight is 566 g/mol. The maximum absolute atomic E-state index is 9.01. The number of hydrogen-bond acceptors (Lipinski definition) is 4. The molecule has 0 atom stereocenters. The van der Waals surface area contributed by atoms with Crippen LogP contribution in [0, 0.1) is 18.3 Å². The number of aryl methyl sites for hydroxylation is 1. The van der Waals surface area contributed by atoms with Crippen LogP contribution in [-0.4, -0.2) is 4.98 Å². The molecule has 4 aromatic rings. The summed E-state index contributed by atoms with van der Waals surface area (Å²) in [7, 11) is 0. The second-order valence-corrected chi connectivity index (χ2v) is 13.3. The highest BCUT2D eigenvalue weighted by Gasteiger charge is 2.39. The van der Waals surface area contributed by atoms with Gasteiger partial charge in [-0.05, 0) is 84.1 Å². The van der Waals surface area contributed by atoms with Crippen LogP contribution in [0.25, 0.3) is 16.5 Å². The predicted octanol–water partition coefficient (Wildman–Crippen LogP) is 10.3. The number of allylic oxidation sites excluding steroid dienone is 6. The van der Waals surface area contributed by atoms with Gasteiger partial charge < -0.3 is 0 Å². The van der Waals surface area contributed by atoms with Gasteiger partial charge in [-0.25, -0.2) is 4.98 Å². The summed E-state index contributed by atoms with van der Waals surface area (Å²) >= 11 is 1.73. The molecular weight excluding hydrogens is 531 g/mol. The lowest BCUT2D eigenvalue weighted by Gasteiger charge is -2.32. The highest BCUT2D eigenvalue weighted by Crippen LogP contribution is 2.53. The smallest absolute Gasteiger partial charge is 0.137 e. The zero-order chi connectivity index (χ0) is 29.6. The molecule has 2 aromatic heterocycles. The first-order valence-corrected chi connectivity index (χ1v) is 15.2. The summed E-state index contributed by atoms with van der Waals surface area (Å²) in [6.07, 6.45) is 12.9. The number of nitriles is 1. The van der Waals surface area contributed by atoms with Crippen LogP contribution < -0.4 is 4.90 Å². The minimum atomic E-state index is -0.252. The van der Waals surface area contributed by atoms with E-state index in [-0.39, 0.29) is 10.8 Å². The lowest BCUT2D eigenvalue weighted by Crippen LogP contribution is -2.22. The molecule has 0 radical (unpaired) electrons. The third-order valence-corrected chi connectivity index (χ3v) is 9.83. The van der Waals surface area contributed by atoms with Crippen LogP contribution >= 0.6 is 11.3 Å². The summed E-state index contributed by atoms with van der Waals surface area (Å²) in [4.78, 5) is 10.0. The Kier molecular flexibility index (Phi) is 6.87. The Bertz CT molecular complexity index is 1840. The van der Waals surface area contributed by atoms with Crippen LogP contribution in [0.5, 0.6) is 0 Å². The van der Waals surface area contributed by atoms with Crippen LogP contribution in [0.15, 0.2) is 103 Å². The monoisotopic (exact) mass is 565 g/mol. The highest BCUT2D eigenvalue weighted by molar-refractivity contribution is 7.16. The number of thiophene rings is 1. The van der Waals surface area contributed by atoms with Crippen molar-refractivity contribution >= 4 is 34.6 Å². The lowest BCUT2D eigenvalue weighted by atomic mass is 9.75. The first kappa shape index (κ1) is 27.7. The van der Waals surface area contributed by atoms with Crippen molar-refractivity contribution in [1.29, 1.82) is 5.26 Å². The molecule has 0 fully saturated rings. The Morgan fingerprint density at radius 2 is 1.69 bits per heavy atom. The van der Waals surface area contributed by atoms with E-state index in [0.717, 1.165) is 39.8 Å². The van der Waals surface area contributed by atoms with E-state index in [2.05, 4.69) is 137 Å². The molecule has 2 aliphatic carbocycles. The molecule has 0 N–H and O–H groups in total. The molecule has 0 unspecified atom stereocenters. The van der Waals surface area contributed by atoms with Crippen LogP contribution in [0.4, 0.5) is 17.2 Å². The standard InChI is InChI=1S/C38H35N3S/c1-25-14-17-28(18-15-25)41(29-19-16-27-12-9-7-8-11-26(2)37(3,4)32(27)23-29)34-21-20-31-35-33(38(5,6)36(31)40-34)24-30(42-35)13-10-22-39/h7-11,13-21,23-24H,2,12H2,1,3-6H3/b9-7-,11-8-,13-10-. The van der Waals surface area contributed by atoms with E-state index in [1.165, 1.54) is 32.7 Å². The van der Waals surface area contributed by atoms with Crippen molar-refractivity contribution in [3.05, 3.63) is 136 Å². The fourth-order valence-electron chi connectivity index (χ4n) is 6.03. The number of fused-ring (bicyclic) bond motifs is 4. The van der Waals surface area contributed by atoms with Gasteiger partial charge in [0.25, 0.3) is 0 Å². The van der Waals surface area contributed by atoms with Gasteiger partial charge in [0.2, 0.25) is 0 Å². The number of nitrogens with zero attached hydrogens (tertiary/aromatic N) is 3. The van der Waals surface area contributed by atoms with Crippen molar-refractivity contribution in [2.75, 3.05) is 4.90 Å². The molecule has 2 aromatic carbocycles. The quantitative estimate of drug-likeness (QED) is 0.231. The highest BCUT2D eigenvalue weighted by atomic mass is 32.1. The van der Waals surface area contributed by atoms with E-state index in [9.17, 15) is 0 Å². The normalized spacial score (nSPS) is 17.8. The molecule has 0 aliphatic heterocycles. The molecule has 208 valence electrons. The van der Waals surface area contributed by atoms with Gasteiger partial charge >= 0.3 is 0 Å². The fraction of sp³-hybridized carbons (Fsp3) is 0.211. The minimum Gasteiger partial charge on any atom is -0.295 e. The Morgan fingerprint density at radius 3 is 2.45 bits per heavy atom. The van der Waals surface area contributed by atoms with Crippen molar-refractivity contribution in [3.8, 4) is 16.5 Å². The minimum absolute atomic E-state index is 0.230. The summed E-state index contributed by atoms with van der Waals surface area (Å²) in [5.74, 6) is 0.893. The van der Waals surface area contributed by atoms with Gasteiger partial charge in [-0.3, -0.25) is 4.90 Å². The first-order chi connectivity index (χ1) is 20.1. The second-order valence-electron chi connectivity index (χ2n) is 12.2. The van der Waals surface area contributed by atoms with Crippen LogP contribution in [0.1, 0.15) is 60.5 Å². The zero-order valence-corrected chi connectivity index (χ0v) is 25.7. The predicted molar refractivity (Wildman–Crippen MR) is 178 cm³/mol. The molecule has 3 nitrogen and oxygen atoms in total. The molecule has 2 aliphatic rings. The maximum Gasteiger partial charge on any atom is 0.137 e. The summed E-state index contributed by atoms with van der Waals surface area (Å²) in [5, 5.41) is 9.01. The lowest BCUT2D eigenvalue weighted by molar-refractivity contribution is 0.635. The summed E-state index contributed by atoms with van der Waals surface area (Å²) in [6.45, 7) is 15.6. The van der Waals surface area contributed by atoms with Crippen molar-refractivity contribution in [2.24, 2.45) is 0 Å². The molecule has 0 saturated carbocycles. The van der Waals surface area contributed by atoms with Crippen molar-refractivity contribution in [1.82, 2.24) is 4.98 Å². The van der Waals surface area contributed by atoms with E-state index >= 15 is 0 Å². The maximum atomic E-state index is 9.01. The molecule has 6 rings (SSSR count). The Balaban J connectivity index is 1.51. The summed E-state index contributed by atoms with van der Waals surface area (Å²) < 4.78 is 0. The van der Waals surface area contributed by atoms with Crippen LogP contribution in [0.3, 0.4) is 0 Å². The molecule has 0 bridgehead atoms. The fourth-order valence-corrected chi connectivity index (χ4v) is 7.28. The van der Waals surface area contributed by atoms with Gasteiger partial charge in [0.15, 0.2) is 0 Å². The number of rotatable bonds is 4. The summed E-state index contributed by atoms with van der Waals surface area (Å²) in [5.41, 5.74) is 10.1. The van der Waals surface area contributed by atoms with Crippen molar-refractivity contribution in [3.63, 3.8) is 0 Å². The zero-order valence-electron chi connectivity index (χ0n) is 24.9. The first-order valence-electron chi connectivity index (χ1n) is 14.4. The number of pyridine rings is 1. The molecule has 0 spiro atoms. The van der Waals surface area contributed by atoms with Gasteiger partial charge in [0, 0.05) is 43.6 Å². The molecule has 4 heteroatoms. The number of benzene rings is 2. The molecular formula is C38H35N3S. The van der Waals surface area contributed by atoms with Gasteiger partial charge in [0.05, 0.1) is 11.8 Å². The Labute approximate surface area is 253 Å². The SMILES string of the molecule is C=C1/C=C\C=C/Cc2ccc(N(c3ccc(C)cc3)c3ccc4c(n3)C(C)(C)c3cc(/C=C\C#N)sc3-4)cc2C1(C)C. The third kappa shape index (κ3) is 4.65.